The van der Waals surface area contributed by atoms with E-state index in [0.29, 0.717) is 11.8 Å². The molecule has 4 aromatic carbocycles. The molecule has 0 atom stereocenters. The first-order chi connectivity index (χ1) is 16.8. The van der Waals surface area contributed by atoms with Crippen molar-refractivity contribution in [3.05, 3.63) is 130 Å². The largest absolute Gasteiger partial charge is 0.251 e. The van der Waals surface area contributed by atoms with Crippen LogP contribution < -0.4 is 0 Å². The summed E-state index contributed by atoms with van der Waals surface area (Å²) >= 11 is 12.9. The monoisotopic (exact) mass is 482 g/mol. The van der Waals surface area contributed by atoms with Crippen LogP contribution in [0.2, 0.25) is 0 Å². The average molecular weight is 483 g/mol. The van der Waals surface area contributed by atoms with Crippen molar-refractivity contribution >= 4 is 46.0 Å². The summed E-state index contributed by atoms with van der Waals surface area (Å²) in [6, 6.07) is 33.2. The summed E-state index contributed by atoms with van der Waals surface area (Å²) in [6.07, 6.45) is 1.58. The molecule has 1 aliphatic rings. The standard InChI is InChI=1S/C30H24Cl2N2/c31-19-29(33-27-15-6-4-11-22(27)17-21-9-2-1-3-10-21)24-13-8-14-25-26(24)18-23-12-5-7-16-28(23)34-30(25)20-32/h1-16H,17-20H2. The predicted molar refractivity (Wildman–Crippen MR) is 145 cm³/mol. The summed E-state index contributed by atoms with van der Waals surface area (Å²) in [5, 5.41) is 0. The highest BCUT2D eigenvalue weighted by Crippen LogP contribution is 2.32. The van der Waals surface area contributed by atoms with Crippen LogP contribution in [-0.4, -0.2) is 23.2 Å². The highest BCUT2D eigenvalue weighted by atomic mass is 35.5. The second-order valence-corrected chi connectivity index (χ2v) is 8.85. The third-order valence-corrected chi connectivity index (χ3v) is 6.66. The van der Waals surface area contributed by atoms with E-state index in [-0.39, 0.29) is 0 Å². The molecule has 0 aliphatic carbocycles. The first kappa shape index (κ1) is 22.6. The molecule has 0 spiro atoms. The molecule has 4 heteroatoms. The van der Waals surface area contributed by atoms with Gasteiger partial charge in [-0.1, -0.05) is 84.9 Å². The van der Waals surface area contributed by atoms with Crippen molar-refractivity contribution in [1.29, 1.82) is 0 Å². The number of hydrogen-bond donors (Lipinski definition) is 0. The summed E-state index contributed by atoms with van der Waals surface area (Å²) in [5.41, 5.74) is 10.5. The van der Waals surface area contributed by atoms with E-state index in [1.807, 2.05) is 30.3 Å². The molecule has 0 aromatic heterocycles. The van der Waals surface area contributed by atoms with Gasteiger partial charge in [0.25, 0.3) is 0 Å². The Balaban J connectivity index is 1.60. The average Bonchev–Trinajstić information content (AvgIpc) is 3.05. The summed E-state index contributed by atoms with van der Waals surface area (Å²) < 4.78 is 0. The normalized spacial score (nSPS) is 13.0. The summed E-state index contributed by atoms with van der Waals surface area (Å²) in [6.45, 7) is 0. The lowest BCUT2D eigenvalue weighted by atomic mass is 9.91. The van der Waals surface area contributed by atoms with Crippen LogP contribution in [0, 0.1) is 0 Å². The smallest absolute Gasteiger partial charge is 0.0669 e. The van der Waals surface area contributed by atoms with Crippen LogP contribution in [0.3, 0.4) is 0 Å². The molecule has 168 valence electrons. The summed E-state index contributed by atoms with van der Waals surface area (Å²) in [7, 11) is 0. The van der Waals surface area contributed by atoms with Crippen LogP contribution in [0.1, 0.15) is 33.4 Å². The Morgan fingerprint density at radius 2 is 1.56 bits per heavy atom. The van der Waals surface area contributed by atoms with Crippen LogP contribution in [-0.2, 0) is 12.8 Å². The molecule has 1 aliphatic heterocycles. The van der Waals surface area contributed by atoms with Gasteiger partial charge < -0.3 is 0 Å². The van der Waals surface area contributed by atoms with Gasteiger partial charge in [0.2, 0.25) is 0 Å². The van der Waals surface area contributed by atoms with Gasteiger partial charge in [-0.3, -0.25) is 9.98 Å². The van der Waals surface area contributed by atoms with Gasteiger partial charge in [-0.2, -0.15) is 0 Å². The van der Waals surface area contributed by atoms with E-state index in [1.54, 1.807) is 0 Å². The minimum Gasteiger partial charge on any atom is -0.251 e. The molecule has 1 heterocycles. The van der Waals surface area contributed by atoms with Crippen LogP contribution >= 0.6 is 23.2 Å². The molecule has 2 nitrogen and oxygen atoms in total. The van der Waals surface area contributed by atoms with E-state index in [2.05, 4.69) is 66.7 Å². The molecule has 0 N–H and O–H groups in total. The Kier molecular flexibility index (Phi) is 6.89. The van der Waals surface area contributed by atoms with Crippen molar-refractivity contribution in [2.45, 2.75) is 12.8 Å². The predicted octanol–water partition coefficient (Wildman–Crippen LogP) is 7.90. The van der Waals surface area contributed by atoms with E-state index < -0.39 is 0 Å². The number of benzene rings is 4. The molecule has 0 radical (unpaired) electrons. The third kappa shape index (κ3) is 4.70. The lowest BCUT2D eigenvalue weighted by Gasteiger charge is -2.15. The molecule has 0 saturated heterocycles. The van der Waals surface area contributed by atoms with Crippen LogP contribution in [0.25, 0.3) is 0 Å². The molecule has 0 fully saturated rings. The highest BCUT2D eigenvalue weighted by Gasteiger charge is 2.21. The van der Waals surface area contributed by atoms with Gasteiger partial charge in [-0.15, -0.1) is 23.2 Å². The van der Waals surface area contributed by atoms with Crippen molar-refractivity contribution in [2.24, 2.45) is 9.98 Å². The molecule has 5 rings (SSSR count). The maximum absolute atomic E-state index is 6.53. The molecule has 0 bridgehead atoms. The zero-order chi connectivity index (χ0) is 23.3. The zero-order valence-electron chi connectivity index (χ0n) is 18.7. The minimum absolute atomic E-state index is 0.311. The van der Waals surface area contributed by atoms with E-state index in [9.17, 15) is 0 Å². The van der Waals surface area contributed by atoms with Crippen molar-refractivity contribution in [3.63, 3.8) is 0 Å². The maximum Gasteiger partial charge on any atom is 0.0669 e. The van der Waals surface area contributed by atoms with E-state index in [1.165, 1.54) is 22.3 Å². The first-order valence-electron chi connectivity index (χ1n) is 11.4. The number of para-hydroxylation sites is 2. The first-order valence-corrected chi connectivity index (χ1v) is 12.4. The zero-order valence-corrected chi connectivity index (χ0v) is 20.2. The van der Waals surface area contributed by atoms with Crippen molar-refractivity contribution in [1.82, 2.24) is 0 Å². The molecule has 0 saturated carbocycles. The number of halogens is 2. The van der Waals surface area contributed by atoms with Crippen molar-refractivity contribution in [3.8, 4) is 0 Å². The number of hydrogen-bond acceptors (Lipinski definition) is 2. The molecular weight excluding hydrogens is 459 g/mol. The van der Waals surface area contributed by atoms with Crippen molar-refractivity contribution < 1.29 is 0 Å². The fraction of sp³-hybridized carbons (Fsp3) is 0.133. The van der Waals surface area contributed by atoms with Gasteiger partial charge in [0.15, 0.2) is 0 Å². The quantitative estimate of drug-likeness (QED) is 0.197. The Bertz CT molecular complexity index is 1370. The lowest BCUT2D eigenvalue weighted by molar-refractivity contribution is 1.17. The Hall–Kier alpha value is -3.20. The fourth-order valence-electron chi connectivity index (χ4n) is 4.48. The molecule has 34 heavy (non-hydrogen) atoms. The number of fused-ring (bicyclic) bond motifs is 2. The number of rotatable bonds is 6. The molecule has 4 aromatic rings. The second kappa shape index (κ2) is 10.4. The minimum atomic E-state index is 0.311. The summed E-state index contributed by atoms with van der Waals surface area (Å²) in [4.78, 5) is 9.98. The Morgan fingerprint density at radius 3 is 2.38 bits per heavy atom. The van der Waals surface area contributed by atoms with Gasteiger partial charge in [0, 0.05) is 17.5 Å². The SMILES string of the molecule is ClCC(=Nc1ccccc1Cc1ccccc1)c1cccc2c1Cc1ccccc1N=C2CCl. The van der Waals surface area contributed by atoms with Gasteiger partial charge in [0.1, 0.15) is 0 Å². The van der Waals surface area contributed by atoms with Gasteiger partial charge in [-0.25, -0.2) is 0 Å². The molecule has 0 unspecified atom stereocenters. The number of nitrogens with zero attached hydrogens (tertiary/aromatic N) is 2. The Labute approximate surface area is 210 Å². The second-order valence-electron chi connectivity index (χ2n) is 8.31. The topological polar surface area (TPSA) is 24.7 Å². The Morgan fingerprint density at radius 1 is 0.794 bits per heavy atom. The van der Waals surface area contributed by atoms with E-state index >= 15 is 0 Å². The maximum atomic E-state index is 6.53. The third-order valence-electron chi connectivity index (χ3n) is 6.15. The summed E-state index contributed by atoms with van der Waals surface area (Å²) in [5.74, 6) is 0.656. The molecule has 0 amide bonds. The van der Waals surface area contributed by atoms with Gasteiger partial charge in [0.05, 0.1) is 34.6 Å². The van der Waals surface area contributed by atoms with Crippen LogP contribution in [0.4, 0.5) is 11.4 Å². The lowest BCUT2D eigenvalue weighted by Crippen LogP contribution is -2.13. The number of alkyl halides is 2. The van der Waals surface area contributed by atoms with Crippen molar-refractivity contribution in [2.75, 3.05) is 11.8 Å². The highest BCUT2D eigenvalue weighted by molar-refractivity contribution is 6.34. The number of aliphatic imine (C=N–C) groups is 2. The van der Waals surface area contributed by atoms with Crippen LogP contribution in [0.5, 0.6) is 0 Å². The molecular formula is C30H24Cl2N2. The van der Waals surface area contributed by atoms with Crippen LogP contribution in [0.15, 0.2) is 107 Å². The van der Waals surface area contributed by atoms with E-state index in [4.69, 9.17) is 33.2 Å². The van der Waals surface area contributed by atoms with Gasteiger partial charge >= 0.3 is 0 Å². The van der Waals surface area contributed by atoms with Gasteiger partial charge in [-0.05, 0) is 40.8 Å². The fourth-order valence-corrected chi connectivity index (χ4v) is 4.89. The van der Waals surface area contributed by atoms with E-state index in [0.717, 1.165) is 46.8 Å².